The zero-order valence-corrected chi connectivity index (χ0v) is 15.9. The van der Waals surface area contributed by atoms with Crippen molar-refractivity contribution in [2.24, 2.45) is 5.41 Å². The smallest absolute Gasteiger partial charge is 0.316 e. The number of piperidine rings is 1. The first-order valence-corrected chi connectivity index (χ1v) is 9.26. The van der Waals surface area contributed by atoms with E-state index in [9.17, 15) is 4.79 Å². The van der Waals surface area contributed by atoms with E-state index in [0.717, 1.165) is 25.9 Å². The Balaban J connectivity index is 1.41. The van der Waals surface area contributed by atoms with Crippen LogP contribution in [0.1, 0.15) is 38.4 Å². The van der Waals surface area contributed by atoms with Gasteiger partial charge in [-0.05, 0) is 44.9 Å². The van der Waals surface area contributed by atoms with Gasteiger partial charge >= 0.3 is 6.01 Å². The number of methoxy groups -OCH3 is 1. The molecule has 144 valence electrons. The van der Waals surface area contributed by atoms with Crippen molar-refractivity contribution in [3.8, 4) is 17.3 Å². The number of hydrogen-bond donors (Lipinski definition) is 1. The van der Waals surface area contributed by atoms with Crippen LogP contribution >= 0.6 is 0 Å². The van der Waals surface area contributed by atoms with E-state index in [1.54, 1.807) is 13.1 Å². The van der Waals surface area contributed by atoms with Crippen LogP contribution in [-0.4, -0.2) is 57.2 Å². The monoisotopic (exact) mass is 372 g/mol. The summed E-state index contributed by atoms with van der Waals surface area (Å²) in [4.78, 5) is 23.0. The summed E-state index contributed by atoms with van der Waals surface area (Å²) >= 11 is 0. The predicted octanol–water partition coefficient (Wildman–Crippen LogP) is 2.05. The van der Waals surface area contributed by atoms with Crippen LogP contribution in [0.15, 0.2) is 10.6 Å². The van der Waals surface area contributed by atoms with Crippen molar-refractivity contribution in [3.63, 3.8) is 0 Å². The number of aryl methyl sites for hydroxylation is 1. The van der Waals surface area contributed by atoms with Crippen LogP contribution in [0.4, 0.5) is 6.01 Å². The van der Waals surface area contributed by atoms with Gasteiger partial charge in [-0.3, -0.25) is 4.79 Å². The van der Waals surface area contributed by atoms with E-state index in [0.29, 0.717) is 22.7 Å². The normalized spacial score (nSPS) is 19.0. The third-order valence-corrected chi connectivity index (χ3v) is 5.53. The van der Waals surface area contributed by atoms with Crippen molar-refractivity contribution in [2.45, 2.75) is 45.6 Å². The summed E-state index contributed by atoms with van der Waals surface area (Å²) in [6.45, 7) is 5.24. The summed E-state index contributed by atoms with van der Waals surface area (Å²) in [7, 11) is 1.52. The molecule has 2 aromatic rings. The minimum Gasteiger partial charge on any atom is -0.480 e. The Morgan fingerprint density at radius 3 is 2.70 bits per heavy atom. The first-order chi connectivity index (χ1) is 13.0. The maximum atomic E-state index is 12.7. The molecule has 4 rings (SSSR count). The number of nitrogens with one attached hydrogen (secondary N) is 1. The summed E-state index contributed by atoms with van der Waals surface area (Å²) in [5.41, 5.74) is 1.05. The van der Waals surface area contributed by atoms with Crippen molar-refractivity contribution in [2.75, 3.05) is 25.5 Å². The Bertz CT molecular complexity index is 837. The van der Waals surface area contributed by atoms with Gasteiger partial charge in [-0.2, -0.15) is 4.98 Å². The number of anilines is 1. The van der Waals surface area contributed by atoms with Crippen LogP contribution in [0.25, 0.3) is 11.5 Å². The number of hydrogen-bond acceptors (Lipinski definition) is 8. The van der Waals surface area contributed by atoms with Crippen molar-refractivity contribution < 1.29 is 13.9 Å². The number of carbonyl (C=O) groups is 1. The highest BCUT2D eigenvalue weighted by molar-refractivity contribution is 5.83. The fourth-order valence-corrected chi connectivity index (χ4v) is 3.54. The van der Waals surface area contributed by atoms with Crippen LogP contribution in [0.5, 0.6) is 5.88 Å². The fourth-order valence-electron chi connectivity index (χ4n) is 3.54. The first-order valence-electron chi connectivity index (χ1n) is 9.26. The minimum atomic E-state index is -0.442. The molecule has 9 heteroatoms. The number of aromatic nitrogens is 4. The number of carbonyl (C=O) groups excluding carboxylic acids is 1. The Kier molecular flexibility index (Phi) is 4.45. The van der Waals surface area contributed by atoms with E-state index in [2.05, 4.69) is 25.5 Å². The molecule has 2 aromatic heterocycles. The van der Waals surface area contributed by atoms with E-state index in [1.165, 1.54) is 20.0 Å². The molecule has 1 aliphatic carbocycles. The molecule has 0 aromatic carbocycles. The highest BCUT2D eigenvalue weighted by Crippen LogP contribution is 2.53. The summed E-state index contributed by atoms with van der Waals surface area (Å²) in [6, 6.07) is -0.258. The maximum Gasteiger partial charge on any atom is 0.316 e. The third-order valence-electron chi connectivity index (χ3n) is 5.53. The van der Waals surface area contributed by atoms with Gasteiger partial charge in [0.2, 0.25) is 11.8 Å². The van der Waals surface area contributed by atoms with E-state index >= 15 is 0 Å². The van der Waals surface area contributed by atoms with Crippen LogP contribution in [-0.2, 0) is 4.79 Å². The average Bonchev–Trinajstić information content (AvgIpc) is 3.26. The molecule has 1 saturated carbocycles. The van der Waals surface area contributed by atoms with Gasteiger partial charge in [0.15, 0.2) is 0 Å². The zero-order valence-electron chi connectivity index (χ0n) is 15.9. The van der Waals surface area contributed by atoms with Gasteiger partial charge in [0.1, 0.15) is 17.4 Å². The molecule has 1 aliphatic heterocycles. The van der Waals surface area contributed by atoms with Gasteiger partial charge in [-0.25, -0.2) is 4.98 Å². The van der Waals surface area contributed by atoms with Crippen LogP contribution < -0.4 is 10.1 Å². The summed E-state index contributed by atoms with van der Waals surface area (Å²) in [5, 5.41) is 11.0. The van der Waals surface area contributed by atoms with Gasteiger partial charge in [0.05, 0.1) is 7.11 Å². The van der Waals surface area contributed by atoms with E-state index in [-0.39, 0.29) is 17.8 Å². The first kappa shape index (κ1) is 17.7. The van der Waals surface area contributed by atoms with Crippen molar-refractivity contribution in [3.05, 3.63) is 12.0 Å². The number of likely N-dealkylation sites (tertiary alicyclic amines) is 1. The third kappa shape index (κ3) is 3.58. The largest absolute Gasteiger partial charge is 0.480 e. The van der Waals surface area contributed by atoms with Crippen LogP contribution in [0.2, 0.25) is 0 Å². The lowest BCUT2D eigenvalue weighted by Crippen LogP contribution is -2.45. The molecule has 0 radical (unpaired) electrons. The molecule has 1 N–H and O–H groups in total. The molecule has 1 saturated heterocycles. The number of amides is 1. The molecule has 2 fully saturated rings. The van der Waals surface area contributed by atoms with Gasteiger partial charge in [-0.15, -0.1) is 5.10 Å². The molecular weight excluding hydrogens is 348 g/mol. The zero-order chi connectivity index (χ0) is 19.0. The molecule has 1 atom stereocenters. The van der Waals surface area contributed by atoms with Gasteiger partial charge < -0.3 is 19.4 Å². The van der Waals surface area contributed by atoms with Gasteiger partial charge in [0.25, 0.3) is 5.89 Å². The molecule has 9 nitrogen and oxygen atoms in total. The SMILES string of the molecule is COc1nc(C)ncc1-c1nnc(N[C@H](C)C(=O)N2CCC3(CC2)CC3)o1. The number of rotatable bonds is 5. The standard InChI is InChI=1S/C18H24N6O3/c1-11(16(25)24-8-6-18(4-5-18)7-9-24)20-17-23-22-15(27-17)13-10-19-12(2)21-14(13)26-3/h10-11H,4-9H2,1-3H3,(H,20,23)/t11-/m1/s1. The highest BCUT2D eigenvalue weighted by Gasteiger charge is 2.45. The van der Waals surface area contributed by atoms with Crippen LogP contribution in [0.3, 0.4) is 0 Å². The second kappa shape index (κ2) is 6.79. The Morgan fingerprint density at radius 2 is 2.04 bits per heavy atom. The lowest BCUT2D eigenvalue weighted by molar-refractivity contribution is -0.133. The topological polar surface area (TPSA) is 106 Å². The second-order valence-electron chi connectivity index (χ2n) is 7.44. The number of ether oxygens (including phenoxy) is 1. The highest BCUT2D eigenvalue weighted by atomic mass is 16.5. The lowest BCUT2D eigenvalue weighted by atomic mass is 9.93. The summed E-state index contributed by atoms with van der Waals surface area (Å²) < 4.78 is 10.9. The molecular formula is C18H24N6O3. The Morgan fingerprint density at radius 1 is 1.30 bits per heavy atom. The van der Waals surface area contributed by atoms with Crippen molar-refractivity contribution in [1.82, 2.24) is 25.1 Å². The van der Waals surface area contributed by atoms with Crippen molar-refractivity contribution >= 4 is 11.9 Å². The fraction of sp³-hybridized carbons (Fsp3) is 0.611. The average molecular weight is 372 g/mol. The Labute approximate surface area is 157 Å². The van der Waals surface area contributed by atoms with E-state index in [1.807, 2.05) is 11.8 Å². The van der Waals surface area contributed by atoms with Gasteiger partial charge in [0, 0.05) is 19.3 Å². The summed E-state index contributed by atoms with van der Waals surface area (Å²) in [6.07, 6.45) is 6.45. The van der Waals surface area contributed by atoms with E-state index in [4.69, 9.17) is 9.15 Å². The summed E-state index contributed by atoms with van der Waals surface area (Å²) in [5.74, 6) is 1.25. The second-order valence-corrected chi connectivity index (χ2v) is 7.44. The van der Waals surface area contributed by atoms with Crippen molar-refractivity contribution in [1.29, 1.82) is 0 Å². The van der Waals surface area contributed by atoms with Crippen LogP contribution in [0, 0.1) is 12.3 Å². The molecule has 0 unspecified atom stereocenters. The van der Waals surface area contributed by atoms with Gasteiger partial charge in [-0.1, -0.05) is 5.10 Å². The molecule has 0 bridgehead atoms. The van der Waals surface area contributed by atoms with E-state index < -0.39 is 6.04 Å². The lowest BCUT2D eigenvalue weighted by Gasteiger charge is -2.33. The molecule has 2 aliphatic rings. The molecule has 1 spiro atoms. The molecule has 3 heterocycles. The molecule has 27 heavy (non-hydrogen) atoms. The maximum absolute atomic E-state index is 12.7. The predicted molar refractivity (Wildman–Crippen MR) is 97.2 cm³/mol. The Hall–Kier alpha value is -2.71. The minimum absolute atomic E-state index is 0.0569. The quantitative estimate of drug-likeness (QED) is 0.850. The number of nitrogens with zero attached hydrogens (tertiary/aromatic N) is 5. The molecule has 1 amide bonds.